The number of aryl methyl sites for hydroxylation is 1. The zero-order valence-electron chi connectivity index (χ0n) is 12.8. The lowest BCUT2D eigenvalue weighted by Crippen LogP contribution is -2.15. The van der Waals surface area contributed by atoms with Crippen LogP contribution in [0.3, 0.4) is 0 Å². The Balaban J connectivity index is 1.89. The summed E-state index contributed by atoms with van der Waals surface area (Å²) in [6, 6.07) is 11.9. The molecule has 1 heterocycles. The fourth-order valence-corrected chi connectivity index (χ4v) is 2.28. The zero-order chi connectivity index (χ0) is 17.1. The molecule has 1 amide bonds. The largest absolute Gasteiger partial charge is 0.322 e. The third-order valence-electron chi connectivity index (χ3n) is 3.38. The molecule has 2 aromatic carbocycles. The molecule has 0 atom stereocenters. The first-order chi connectivity index (χ1) is 11.5. The summed E-state index contributed by atoms with van der Waals surface area (Å²) in [6.45, 7) is 1.77. The Hall–Kier alpha value is -3.15. The second-order valence-corrected chi connectivity index (χ2v) is 5.12. The van der Waals surface area contributed by atoms with Crippen LogP contribution in [-0.2, 0) is 0 Å². The molecule has 6 heteroatoms. The molecule has 0 unspecified atom stereocenters. The van der Waals surface area contributed by atoms with Crippen molar-refractivity contribution in [3.05, 3.63) is 77.8 Å². The van der Waals surface area contributed by atoms with E-state index in [2.05, 4.69) is 15.3 Å². The highest BCUT2D eigenvalue weighted by Gasteiger charge is 2.17. The predicted molar refractivity (Wildman–Crippen MR) is 86.5 cm³/mol. The number of hydrogen-bond donors (Lipinski definition) is 1. The summed E-state index contributed by atoms with van der Waals surface area (Å²) in [5.74, 6) is -2.04. The number of halogens is 2. The first-order valence-corrected chi connectivity index (χ1v) is 7.20. The van der Waals surface area contributed by atoms with Gasteiger partial charge in [-0.3, -0.25) is 4.79 Å². The zero-order valence-corrected chi connectivity index (χ0v) is 12.8. The van der Waals surface area contributed by atoms with E-state index in [1.54, 1.807) is 37.4 Å². The molecule has 3 aromatic rings. The van der Waals surface area contributed by atoms with E-state index in [1.807, 2.05) is 6.07 Å². The third kappa shape index (κ3) is 3.27. The summed E-state index contributed by atoms with van der Waals surface area (Å²) in [7, 11) is 0. The normalized spacial score (nSPS) is 10.5. The van der Waals surface area contributed by atoms with Crippen molar-refractivity contribution >= 4 is 11.6 Å². The molecule has 0 aliphatic carbocycles. The number of aromatic nitrogens is 2. The van der Waals surface area contributed by atoms with Gasteiger partial charge in [-0.15, -0.1) is 0 Å². The standard InChI is InChI=1S/C18H13F2N3O/c1-11-21-9-8-16(22-11)12-4-2-5-13(10-12)23-18(24)17-14(19)6-3-7-15(17)20/h2-10H,1H3,(H,23,24). The second-order valence-electron chi connectivity index (χ2n) is 5.12. The molecule has 0 saturated heterocycles. The molecule has 0 fully saturated rings. The Bertz CT molecular complexity index is 892. The van der Waals surface area contributed by atoms with Crippen LogP contribution in [0.5, 0.6) is 0 Å². The van der Waals surface area contributed by atoms with E-state index in [0.717, 1.165) is 17.7 Å². The Morgan fingerprint density at radius 3 is 2.46 bits per heavy atom. The van der Waals surface area contributed by atoms with Gasteiger partial charge in [0.2, 0.25) is 0 Å². The van der Waals surface area contributed by atoms with Gasteiger partial charge in [0, 0.05) is 17.4 Å². The summed E-state index contributed by atoms with van der Waals surface area (Å²) in [4.78, 5) is 20.5. The fourth-order valence-electron chi connectivity index (χ4n) is 2.28. The predicted octanol–water partition coefficient (Wildman–Crippen LogP) is 3.98. The maximum Gasteiger partial charge on any atom is 0.261 e. The van der Waals surface area contributed by atoms with Gasteiger partial charge in [0.05, 0.1) is 5.69 Å². The maximum absolute atomic E-state index is 13.7. The fraction of sp³-hybridized carbons (Fsp3) is 0.0556. The molecule has 1 aromatic heterocycles. The number of carbonyl (C=O) groups is 1. The van der Waals surface area contributed by atoms with Gasteiger partial charge < -0.3 is 5.32 Å². The van der Waals surface area contributed by atoms with Gasteiger partial charge in [-0.25, -0.2) is 18.7 Å². The van der Waals surface area contributed by atoms with E-state index in [9.17, 15) is 13.6 Å². The van der Waals surface area contributed by atoms with Gasteiger partial charge in [0.15, 0.2) is 0 Å². The minimum absolute atomic E-state index is 0.413. The molecule has 0 aliphatic rings. The van der Waals surface area contributed by atoms with Crippen molar-refractivity contribution in [2.45, 2.75) is 6.92 Å². The lowest BCUT2D eigenvalue weighted by Gasteiger charge is -2.09. The van der Waals surface area contributed by atoms with Crippen LogP contribution in [-0.4, -0.2) is 15.9 Å². The first-order valence-electron chi connectivity index (χ1n) is 7.20. The molecule has 0 spiro atoms. The molecule has 0 saturated carbocycles. The SMILES string of the molecule is Cc1nccc(-c2cccc(NC(=O)c3c(F)cccc3F)c2)n1. The Morgan fingerprint density at radius 1 is 1.04 bits per heavy atom. The van der Waals surface area contributed by atoms with Crippen LogP contribution in [0.2, 0.25) is 0 Å². The van der Waals surface area contributed by atoms with Gasteiger partial charge in [-0.1, -0.05) is 18.2 Å². The monoisotopic (exact) mass is 325 g/mol. The minimum atomic E-state index is -0.907. The number of benzene rings is 2. The molecule has 0 bridgehead atoms. The molecule has 0 aliphatic heterocycles. The third-order valence-corrected chi connectivity index (χ3v) is 3.38. The lowest BCUT2D eigenvalue weighted by atomic mass is 10.1. The molecular formula is C18H13F2N3O. The second kappa shape index (κ2) is 6.54. The summed E-state index contributed by atoms with van der Waals surface area (Å²) in [5, 5.41) is 2.50. The number of carbonyl (C=O) groups excluding carboxylic acids is 1. The average Bonchev–Trinajstić information content (AvgIpc) is 2.55. The van der Waals surface area contributed by atoms with E-state index in [0.29, 0.717) is 17.2 Å². The van der Waals surface area contributed by atoms with Crippen molar-refractivity contribution < 1.29 is 13.6 Å². The van der Waals surface area contributed by atoms with Gasteiger partial charge in [-0.05, 0) is 37.3 Å². The highest BCUT2D eigenvalue weighted by molar-refractivity contribution is 6.04. The van der Waals surface area contributed by atoms with Crippen LogP contribution >= 0.6 is 0 Å². The average molecular weight is 325 g/mol. The van der Waals surface area contributed by atoms with Crippen LogP contribution in [0.15, 0.2) is 54.7 Å². The van der Waals surface area contributed by atoms with Crippen molar-refractivity contribution in [1.29, 1.82) is 0 Å². The lowest BCUT2D eigenvalue weighted by molar-refractivity contribution is 0.101. The molecule has 4 nitrogen and oxygen atoms in total. The van der Waals surface area contributed by atoms with Gasteiger partial charge in [0.25, 0.3) is 5.91 Å². The quantitative estimate of drug-likeness (QED) is 0.792. The number of anilines is 1. The molecule has 120 valence electrons. The smallest absolute Gasteiger partial charge is 0.261 e. The Morgan fingerprint density at radius 2 is 1.75 bits per heavy atom. The highest BCUT2D eigenvalue weighted by atomic mass is 19.1. The Kier molecular flexibility index (Phi) is 4.29. The highest BCUT2D eigenvalue weighted by Crippen LogP contribution is 2.22. The molecule has 3 rings (SSSR count). The van der Waals surface area contributed by atoms with E-state index >= 15 is 0 Å². The summed E-state index contributed by atoms with van der Waals surface area (Å²) < 4.78 is 27.3. The van der Waals surface area contributed by atoms with E-state index < -0.39 is 23.1 Å². The van der Waals surface area contributed by atoms with E-state index in [4.69, 9.17) is 0 Å². The van der Waals surface area contributed by atoms with E-state index in [1.165, 1.54) is 6.07 Å². The van der Waals surface area contributed by atoms with Gasteiger partial charge >= 0.3 is 0 Å². The van der Waals surface area contributed by atoms with Crippen molar-refractivity contribution in [2.75, 3.05) is 5.32 Å². The van der Waals surface area contributed by atoms with Crippen molar-refractivity contribution in [3.63, 3.8) is 0 Å². The number of nitrogens with zero attached hydrogens (tertiary/aromatic N) is 2. The van der Waals surface area contributed by atoms with Crippen LogP contribution < -0.4 is 5.32 Å². The number of hydrogen-bond acceptors (Lipinski definition) is 3. The number of nitrogens with one attached hydrogen (secondary N) is 1. The van der Waals surface area contributed by atoms with Crippen LogP contribution in [0.1, 0.15) is 16.2 Å². The van der Waals surface area contributed by atoms with Crippen LogP contribution in [0.4, 0.5) is 14.5 Å². The molecule has 24 heavy (non-hydrogen) atoms. The number of amides is 1. The minimum Gasteiger partial charge on any atom is -0.322 e. The van der Waals surface area contributed by atoms with Gasteiger partial charge in [-0.2, -0.15) is 0 Å². The topological polar surface area (TPSA) is 54.9 Å². The maximum atomic E-state index is 13.7. The van der Waals surface area contributed by atoms with Crippen molar-refractivity contribution in [2.24, 2.45) is 0 Å². The number of rotatable bonds is 3. The van der Waals surface area contributed by atoms with Gasteiger partial charge in [0.1, 0.15) is 23.0 Å². The van der Waals surface area contributed by atoms with Crippen molar-refractivity contribution in [3.8, 4) is 11.3 Å². The van der Waals surface area contributed by atoms with Crippen LogP contribution in [0, 0.1) is 18.6 Å². The first kappa shape index (κ1) is 15.7. The van der Waals surface area contributed by atoms with Crippen LogP contribution in [0.25, 0.3) is 11.3 Å². The Labute approximate surface area is 137 Å². The molecule has 0 radical (unpaired) electrons. The molecular weight excluding hydrogens is 312 g/mol. The summed E-state index contributed by atoms with van der Waals surface area (Å²) in [6.07, 6.45) is 1.64. The summed E-state index contributed by atoms with van der Waals surface area (Å²) >= 11 is 0. The summed E-state index contributed by atoms with van der Waals surface area (Å²) in [5.41, 5.74) is 1.25. The van der Waals surface area contributed by atoms with Crippen molar-refractivity contribution in [1.82, 2.24) is 9.97 Å². The molecule has 1 N–H and O–H groups in total. The van der Waals surface area contributed by atoms with E-state index in [-0.39, 0.29) is 0 Å².